The number of carbonyl (C=O) groups is 2. The van der Waals surface area contributed by atoms with Crippen molar-refractivity contribution in [3.05, 3.63) is 88.5 Å². The SMILES string of the molecule is N#Cc1ccccc1-c1ccc(/C=C2\SC(=O)N(Cc3ccccc3)C2=O)o1. The van der Waals surface area contributed by atoms with Crippen LogP contribution in [0.15, 0.2) is 76.1 Å². The second-order valence-electron chi connectivity index (χ2n) is 6.11. The van der Waals surface area contributed by atoms with E-state index in [0.717, 1.165) is 17.3 Å². The van der Waals surface area contributed by atoms with E-state index < -0.39 is 0 Å². The van der Waals surface area contributed by atoms with Gasteiger partial charge in [-0.05, 0) is 41.6 Å². The summed E-state index contributed by atoms with van der Waals surface area (Å²) in [6.07, 6.45) is 1.56. The number of rotatable bonds is 4. The lowest BCUT2D eigenvalue weighted by molar-refractivity contribution is -0.123. The van der Waals surface area contributed by atoms with E-state index >= 15 is 0 Å². The number of nitriles is 1. The monoisotopic (exact) mass is 386 g/mol. The summed E-state index contributed by atoms with van der Waals surface area (Å²) in [6, 6.07) is 22.1. The zero-order valence-electron chi connectivity index (χ0n) is 14.7. The summed E-state index contributed by atoms with van der Waals surface area (Å²) in [5.41, 5.74) is 2.08. The van der Waals surface area contributed by atoms with Gasteiger partial charge in [0.15, 0.2) is 0 Å². The van der Waals surface area contributed by atoms with Gasteiger partial charge in [0, 0.05) is 11.6 Å². The lowest BCUT2D eigenvalue weighted by Gasteiger charge is -2.11. The summed E-state index contributed by atoms with van der Waals surface area (Å²) in [5, 5.41) is 8.93. The molecule has 1 aliphatic heterocycles. The normalized spacial score (nSPS) is 15.2. The number of carbonyl (C=O) groups excluding carboxylic acids is 2. The average molecular weight is 386 g/mol. The van der Waals surface area contributed by atoms with Crippen LogP contribution >= 0.6 is 11.8 Å². The molecule has 0 unspecified atom stereocenters. The van der Waals surface area contributed by atoms with Gasteiger partial charge in [-0.2, -0.15) is 5.26 Å². The Morgan fingerprint density at radius 1 is 1.00 bits per heavy atom. The Labute approximate surface area is 165 Å². The number of benzene rings is 2. The molecule has 0 aliphatic carbocycles. The number of amides is 2. The van der Waals surface area contributed by atoms with Gasteiger partial charge in [-0.25, -0.2) is 0 Å². The van der Waals surface area contributed by atoms with Crippen LogP contribution in [0.5, 0.6) is 0 Å². The van der Waals surface area contributed by atoms with E-state index in [2.05, 4.69) is 6.07 Å². The summed E-state index contributed by atoms with van der Waals surface area (Å²) in [6.45, 7) is 0.238. The van der Waals surface area contributed by atoms with Crippen molar-refractivity contribution < 1.29 is 14.0 Å². The zero-order chi connectivity index (χ0) is 19.5. The highest BCUT2D eigenvalue weighted by atomic mass is 32.2. The molecule has 136 valence electrons. The van der Waals surface area contributed by atoms with Crippen LogP contribution in [-0.2, 0) is 11.3 Å². The smallest absolute Gasteiger partial charge is 0.293 e. The number of hydrogen-bond donors (Lipinski definition) is 0. The topological polar surface area (TPSA) is 74.3 Å². The highest BCUT2D eigenvalue weighted by Gasteiger charge is 2.35. The Balaban J connectivity index is 1.57. The average Bonchev–Trinajstić information content (AvgIpc) is 3.29. The predicted molar refractivity (Wildman–Crippen MR) is 107 cm³/mol. The minimum Gasteiger partial charge on any atom is -0.457 e. The number of imide groups is 1. The van der Waals surface area contributed by atoms with E-state index in [1.54, 1.807) is 36.4 Å². The molecule has 1 saturated heterocycles. The Kier molecular flexibility index (Phi) is 4.83. The zero-order valence-corrected chi connectivity index (χ0v) is 15.5. The summed E-state index contributed by atoms with van der Waals surface area (Å²) < 4.78 is 5.79. The molecule has 0 radical (unpaired) electrons. The standard InChI is InChI=1S/C22H14N2O3S/c23-13-16-8-4-5-9-18(16)19-11-10-17(27-19)12-20-21(25)24(22(26)28-20)14-15-6-2-1-3-7-15/h1-12H,14H2/b20-12-. The van der Waals surface area contributed by atoms with E-state index in [0.29, 0.717) is 27.6 Å². The fourth-order valence-corrected chi connectivity index (χ4v) is 3.72. The molecule has 0 N–H and O–H groups in total. The molecule has 6 heteroatoms. The van der Waals surface area contributed by atoms with Gasteiger partial charge in [-0.15, -0.1) is 0 Å². The minimum absolute atomic E-state index is 0.238. The van der Waals surface area contributed by atoms with Crippen LogP contribution < -0.4 is 0 Å². The van der Waals surface area contributed by atoms with Gasteiger partial charge in [0.05, 0.1) is 23.1 Å². The van der Waals surface area contributed by atoms with Gasteiger partial charge in [0.1, 0.15) is 11.5 Å². The first-order chi connectivity index (χ1) is 13.7. The summed E-state index contributed by atoms with van der Waals surface area (Å²) in [7, 11) is 0. The van der Waals surface area contributed by atoms with E-state index in [1.165, 1.54) is 4.90 Å². The predicted octanol–water partition coefficient (Wildman–Crippen LogP) is 5.05. The van der Waals surface area contributed by atoms with Crippen molar-refractivity contribution >= 4 is 29.0 Å². The summed E-state index contributed by atoms with van der Waals surface area (Å²) in [5.74, 6) is 0.647. The molecule has 3 aromatic rings. The Morgan fingerprint density at radius 3 is 2.54 bits per heavy atom. The first-order valence-electron chi connectivity index (χ1n) is 8.54. The molecule has 0 atom stereocenters. The Morgan fingerprint density at radius 2 is 1.75 bits per heavy atom. The second kappa shape index (κ2) is 7.59. The lowest BCUT2D eigenvalue weighted by atomic mass is 10.1. The fourth-order valence-electron chi connectivity index (χ4n) is 2.90. The van der Waals surface area contributed by atoms with E-state index in [1.807, 2.05) is 36.4 Å². The summed E-state index contributed by atoms with van der Waals surface area (Å²) >= 11 is 0.895. The van der Waals surface area contributed by atoms with Crippen molar-refractivity contribution in [2.45, 2.75) is 6.54 Å². The van der Waals surface area contributed by atoms with Gasteiger partial charge in [-0.1, -0.05) is 42.5 Å². The molecular formula is C22H14N2O3S. The maximum Gasteiger partial charge on any atom is 0.293 e. The van der Waals surface area contributed by atoms with Crippen molar-refractivity contribution in [2.24, 2.45) is 0 Å². The van der Waals surface area contributed by atoms with Crippen LogP contribution in [0.25, 0.3) is 17.4 Å². The number of hydrogen-bond acceptors (Lipinski definition) is 5. The summed E-state index contributed by atoms with van der Waals surface area (Å²) in [4.78, 5) is 26.4. The van der Waals surface area contributed by atoms with Gasteiger partial charge in [0.2, 0.25) is 0 Å². The highest BCUT2D eigenvalue weighted by Crippen LogP contribution is 2.34. The van der Waals surface area contributed by atoms with E-state index in [4.69, 9.17) is 4.42 Å². The van der Waals surface area contributed by atoms with Crippen molar-refractivity contribution in [1.29, 1.82) is 5.26 Å². The molecule has 1 aliphatic rings. The van der Waals surface area contributed by atoms with Gasteiger partial charge in [0.25, 0.3) is 11.1 Å². The first-order valence-corrected chi connectivity index (χ1v) is 9.36. The van der Waals surface area contributed by atoms with Gasteiger partial charge in [-0.3, -0.25) is 14.5 Å². The molecular weight excluding hydrogens is 372 g/mol. The molecule has 2 heterocycles. The molecule has 5 nitrogen and oxygen atoms in total. The molecule has 2 aromatic carbocycles. The Bertz CT molecular complexity index is 1130. The number of thioether (sulfide) groups is 1. The molecule has 2 amide bonds. The third kappa shape index (κ3) is 3.48. The third-order valence-corrected chi connectivity index (χ3v) is 5.18. The van der Waals surface area contributed by atoms with Crippen molar-refractivity contribution in [3.63, 3.8) is 0 Å². The van der Waals surface area contributed by atoms with Crippen LogP contribution in [-0.4, -0.2) is 16.0 Å². The van der Waals surface area contributed by atoms with Crippen molar-refractivity contribution in [2.75, 3.05) is 0 Å². The largest absolute Gasteiger partial charge is 0.457 e. The van der Waals surface area contributed by atoms with Crippen LogP contribution in [0.2, 0.25) is 0 Å². The number of furan rings is 1. The maximum absolute atomic E-state index is 12.6. The van der Waals surface area contributed by atoms with E-state index in [9.17, 15) is 14.9 Å². The van der Waals surface area contributed by atoms with Gasteiger partial charge < -0.3 is 4.42 Å². The maximum atomic E-state index is 12.6. The second-order valence-corrected chi connectivity index (χ2v) is 7.11. The first kappa shape index (κ1) is 17.8. The fraction of sp³-hybridized carbons (Fsp3) is 0.0455. The van der Waals surface area contributed by atoms with Gasteiger partial charge >= 0.3 is 0 Å². The number of nitrogens with zero attached hydrogens (tertiary/aromatic N) is 2. The third-order valence-electron chi connectivity index (χ3n) is 4.27. The molecule has 0 bridgehead atoms. The molecule has 1 aromatic heterocycles. The minimum atomic E-state index is -0.339. The quantitative estimate of drug-likeness (QED) is 0.586. The van der Waals surface area contributed by atoms with Crippen molar-refractivity contribution in [1.82, 2.24) is 4.90 Å². The molecule has 4 rings (SSSR count). The molecule has 28 heavy (non-hydrogen) atoms. The van der Waals surface area contributed by atoms with E-state index in [-0.39, 0.29) is 17.7 Å². The van der Waals surface area contributed by atoms with Crippen LogP contribution in [0.1, 0.15) is 16.9 Å². The van der Waals surface area contributed by atoms with Crippen LogP contribution in [0.3, 0.4) is 0 Å². The molecule has 0 spiro atoms. The highest BCUT2D eigenvalue weighted by molar-refractivity contribution is 8.18. The molecule has 0 saturated carbocycles. The van der Waals surface area contributed by atoms with Crippen LogP contribution in [0.4, 0.5) is 4.79 Å². The molecule has 1 fully saturated rings. The lowest BCUT2D eigenvalue weighted by Crippen LogP contribution is -2.27. The van der Waals surface area contributed by atoms with Crippen molar-refractivity contribution in [3.8, 4) is 17.4 Å². The van der Waals surface area contributed by atoms with Crippen LogP contribution in [0, 0.1) is 11.3 Å². The Hall–Kier alpha value is -3.56.